The van der Waals surface area contributed by atoms with E-state index in [0.717, 1.165) is 25.0 Å². The summed E-state index contributed by atoms with van der Waals surface area (Å²) >= 11 is 5.73. The van der Waals surface area contributed by atoms with Crippen molar-refractivity contribution < 1.29 is 31.5 Å². The number of carbonyl (C=O) groups excluding carboxylic acids is 1. The van der Waals surface area contributed by atoms with Crippen LogP contribution in [0.1, 0.15) is 35.7 Å². The van der Waals surface area contributed by atoms with Gasteiger partial charge in [-0.2, -0.15) is 8.78 Å². The molecule has 1 aromatic heterocycles. The van der Waals surface area contributed by atoms with Crippen LogP contribution in [0, 0.1) is 35.0 Å². The van der Waals surface area contributed by atoms with Crippen LogP contribution in [-0.2, 0) is 4.79 Å². The van der Waals surface area contributed by atoms with Crippen LogP contribution in [-0.4, -0.2) is 45.5 Å². The number of nitrogen functional groups attached to an aromatic ring is 1. The lowest BCUT2D eigenvalue weighted by molar-refractivity contribution is -0.130. The molecular formula is C25H19ClF5N5O2. The fraction of sp³-hybridized carbons (Fsp3) is 0.280. The first-order chi connectivity index (χ1) is 18.2. The Labute approximate surface area is 218 Å². The third kappa shape index (κ3) is 4.53. The summed E-state index contributed by atoms with van der Waals surface area (Å²) < 4.78 is 75.3. The summed E-state index contributed by atoms with van der Waals surface area (Å²) in [6, 6.07) is 2.70. The maximum Gasteiger partial charge on any atom is 0.237 e. The number of fused-ring (bicyclic) bond motifs is 1. The molecule has 7 nitrogen and oxygen atoms in total. The van der Waals surface area contributed by atoms with Gasteiger partial charge < -0.3 is 15.4 Å². The summed E-state index contributed by atoms with van der Waals surface area (Å²) in [4.78, 5) is 26.9. The normalized spacial score (nSPS) is 18.8. The van der Waals surface area contributed by atoms with Crippen molar-refractivity contribution >= 4 is 29.0 Å². The summed E-state index contributed by atoms with van der Waals surface area (Å²) in [5.41, 5.74) is 7.05. The summed E-state index contributed by atoms with van der Waals surface area (Å²) in [6.45, 7) is 0.948. The van der Waals surface area contributed by atoms with Crippen molar-refractivity contribution in [2.75, 3.05) is 24.7 Å². The number of benzene rings is 2. The fourth-order valence-electron chi connectivity index (χ4n) is 4.77. The molecule has 38 heavy (non-hydrogen) atoms. The Hall–Kier alpha value is -3.80. The number of anilines is 1. The molecule has 198 valence electrons. The molecule has 1 unspecified atom stereocenters. The Morgan fingerprint density at radius 2 is 1.82 bits per heavy atom. The zero-order valence-corrected chi connectivity index (χ0v) is 20.3. The van der Waals surface area contributed by atoms with Crippen molar-refractivity contribution in [2.45, 2.75) is 18.9 Å². The standard InChI is InChI=1S/C25H19ClF5N5O2/c26-8-17(37)36-5-1-2-11(9-36)21-23-18(25(32)34-10-33-23)22(35-21)13-4-3-12(6-14(13)27)38-24-19(30)15(28)7-16(29)20(24)31/h3-4,6-7,10-11,21H,1-2,5,8-9H2,(H2,32,33,34)/t11-,21?/m1/s1. The number of rotatable bonds is 5. The second-order valence-electron chi connectivity index (χ2n) is 8.86. The van der Waals surface area contributed by atoms with Crippen LogP contribution in [0.2, 0.25) is 0 Å². The molecule has 3 aromatic rings. The maximum atomic E-state index is 15.3. The van der Waals surface area contributed by atoms with Gasteiger partial charge in [-0.1, -0.05) is 0 Å². The average molecular weight is 552 g/mol. The zero-order chi connectivity index (χ0) is 27.1. The molecule has 2 aliphatic heterocycles. The van der Waals surface area contributed by atoms with Gasteiger partial charge in [0, 0.05) is 36.7 Å². The molecule has 2 atom stereocenters. The van der Waals surface area contributed by atoms with Crippen LogP contribution in [0.25, 0.3) is 0 Å². The quantitative estimate of drug-likeness (QED) is 0.276. The molecule has 0 saturated carbocycles. The van der Waals surface area contributed by atoms with E-state index in [2.05, 4.69) is 9.97 Å². The highest BCUT2D eigenvalue weighted by molar-refractivity contribution is 6.27. The number of amides is 1. The number of carbonyl (C=O) groups is 1. The predicted molar refractivity (Wildman–Crippen MR) is 128 cm³/mol. The Bertz CT molecular complexity index is 1440. The predicted octanol–water partition coefficient (Wildman–Crippen LogP) is 4.92. The smallest absolute Gasteiger partial charge is 0.237 e. The molecule has 13 heteroatoms. The molecule has 1 amide bonds. The highest BCUT2D eigenvalue weighted by Crippen LogP contribution is 2.41. The van der Waals surface area contributed by atoms with Gasteiger partial charge in [0.1, 0.15) is 29.6 Å². The Morgan fingerprint density at radius 1 is 1.08 bits per heavy atom. The number of hydrogen-bond donors (Lipinski definition) is 1. The number of halogens is 6. The van der Waals surface area contributed by atoms with E-state index in [0.29, 0.717) is 24.3 Å². The van der Waals surface area contributed by atoms with Gasteiger partial charge in [0.05, 0.1) is 23.0 Å². The summed E-state index contributed by atoms with van der Waals surface area (Å²) in [7, 11) is 0. The molecule has 1 fully saturated rings. The van der Waals surface area contributed by atoms with Gasteiger partial charge >= 0.3 is 0 Å². The van der Waals surface area contributed by atoms with Crippen LogP contribution in [0.3, 0.4) is 0 Å². The Morgan fingerprint density at radius 3 is 2.50 bits per heavy atom. The van der Waals surface area contributed by atoms with Gasteiger partial charge in [-0.3, -0.25) is 9.79 Å². The monoisotopic (exact) mass is 551 g/mol. The van der Waals surface area contributed by atoms with Crippen LogP contribution in [0.15, 0.2) is 35.6 Å². The van der Waals surface area contributed by atoms with E-state index in [1.807, 2.05) is 0 Å². The van der Waals surface area contributed by atoms with Crippen LogP contribution in [0.5, 0.6) is 11.5 Å². The average Bonchev–Trinajstić information content (AvgIpc) is 3.30. The van der Waals surface area contributed by atoms with Crippen LogP contribution in [0.4, 0.5) is 27.8 Å². The van der Waals surface area contributed by atoms with E-state index in [1.54, 1.807) is 4.90 Å². The molecule has 0 spiro atoms. The molecule has 3 heterocycles. The second kappa shape index (κ2) is 10.2. The molecule has 1 saturated heterocycles. The summed E-state index contributed by atoms with van der Waals surface area (Å²) in [5.74, 6) is -9.92. The molecule has 0 aliphatic carbocycles. The third-order valence-electron chi connectivity index (χ3n) is 6.55. The first-order valence-electron chi connectivity index (χ1n) is 11.5. The lowest BCUT2D eigenvalue weighted by Gasteiger charge is -2.34. The second-order valence-corrected chi connectivity index (χ2v) is 9.13. The summed E-state index contributed by atoms with van der Waals surface area (Å²) in [6.07, 6.45) is 2.73. The lowest BCUT2D eigenvalue weighted by atomic mass is 9.88. The zero-order valence-electron chi connectivity index (χ0n) is 19.5. The summed E-state index contributed by atoms with van der Waals surface area (Å²) in [5, 5.41) is 0. The largest absolute Gasteiger partial charge is 0.451 e. The molecular weight excluding hydrogens is 533 g/mol. The first-order valence-corrected chi connectivity index (χ1v) is 12.1. The van der Waals surface area contributed by atoms with Crippen molar-refractivity contribution in [2.24, 2.45) is 10.9 Å². The van der Waals surface area contributed by atoms with E-state index < -0.39 is 46.6 Å². The lowest BCUT2D eigenvalue weighted by Crippen LogP contribution is -2.42. The van der Waals surface area contributed by atoms with Crippen molar-refractivity contribution in [3.63, 3.8) is 0 Å². The van der Waals surface area contributed by atoms with Gasteiger partial charge in [-0.05, 0) is 25.0 Å². The van der Waals surface area contributed by atoms with Crippen molar-refractivity contribution in [1.29, 1.82) is 0 Å². The third-order valence-corrected chi connectivity index (χ3v) is 6.78. The van der Waals surface area contributed by atoms with E-state index in [9.17, 15) is 22.4 Å². The maximum absolute atomic E-state index is 15.3. The van der Waals surface area contributed by atoms with E-state index in [4.69, 9.17) is 27.1 Å². The number of hydrogen-bond acceptors (Lipinski definition) is 6. The minimum absolute atomic E-state index is 0.0292. The highest BCUT2D eigenvalue weighted by Gasteiger charge is 2.38. The molecule has 5 rings (SSSR count). The van der Waals surface area contributed by atoms with Gasteiger partial charge in [0.15, 0.2) is 11.6 Å². The van der Waals surface area contributed by atoms with E-state index in [-0.39, 0.29) is 40.9 Å². The SMILES string of the molecule is Nc1ncnc2c1C(c1ccc(Oc3c(F)c(F)cc(F)c3F)cc1F)=NC2[C@@H]1CCCN(C(=O)CCl)C1. The molecule has 0 bridgehead atoms. The number of nitrogens with zero attached hydrogens (tertiary/aromatic N) is 4. The van der Waals surface area contributed by atoms with E-state index in [1.165, 1.54) is 12.4 Å². The van der Waals surface area contributed by atoms with Crippen LogP contribution >= 0.6 is 11.6 Å². The number of alkyl halides is 1. The number of piperidine rings is 1. The fourth-order valence-corrected chi connectivity index (χ4v) is 4.94. The van der Waals surface area contributed by atoms with Crippen LogP contribution < -0.4 is 10.5 Å². The van der Waals surface area contributed by atoms with E-state index >= 15 is 4.39 Å². The Kier molecular flexibility index (Phi) is 6.91. The number of aliphatic imine (C=N–C) groups is 1. The van der Waals surface area contributed by atoms with Gasteiger partial charge in [0.2, 0.25) is 23.3 Å². The van der Waals surface area contributed by atoms with Crippen molar-refractivity contribution in [3.8, 4) is 11.5 Å². The topological polar surface area (TPSA) is 93.7 Å². The number of ether oxygens (including phenoxy) is 1. The van der Waals surface area contributed by atoms with Crippen molar-refractivity contribution in [1.82, 2.24) is 14.9 Å². The molecule has 2 aliphatic rings. The minimum atomic E-state index is -1.76. The molecule has 2 aromatic carbocycles. The highest BCUT2D eigenvalue weighted by atomic mass is 35.5. The molecule has 0 radical (unpaired) electrons. The minimum Gasteiger partial charge on any atom is -0.451 e. The van der Waals surface area contributed by atoms with Crippen molar-refractivity contribution in [3.05, 3.63) is 76.5 Å². The number of likely N-dealkylation sites (tertiary alicyclic amines) is 1. The first kappa shape index (κ1) is 25.8. The Balaban J connectivity index is 1.50. The van der Waals surface area contributed by atoms with Gasteiger partial charge in [-0.25, -0.2) is 23.1 Å². The van der Waals surface area contributed by atoms with Gasteiger partial charge in [0.25, 0.3) is 0 Å². The van der Waals surface area contributed by atoms with Gasteiger partial charge in [-0.15, -0.1) is 11.6 Å². The number of aromatic nitrogens is 2. The molecule has 2 N–H and O–H groups in total. The number of nitrogens with two attached hydrogens (primary N) is 1.